The number of ether oxygens (including phenoxy) is 3. The Labute approximate surface area is 162 Å². The molecule has 0 saturated heterocycles. The summed E-state index contributed by atoms with van der Waals surface area (Å²) in [5.74, 6) is 0.476. The van der Waals surface area contributed by atoms with Crippen LogP contribution in [0.25, 0.3) is 0 Å². The fraction of sp³-hybridized carbons (Fsp3) is 0.300. The molecule has 1 aliphatic rings. The number of carbonyl (C=O) groups excluding carboxylic acids is 2. The number of benzene rings is 2. The Hall–Kier alpha value is -2.73. The first kappa shape index (κ1) is 19.0. The van der Waals surface area contributed by atoms with Crippen molar-refractivity contribution in [1.82, 2.24) is 5.32 Å². The van der Waals surface area contributed by atoms with Crippen LogP contribution < -0.4 is 14.8 Å². The molecule has 27 heavy (non-hydrogen) atoms. The van der Waals surface area contributed by atoms with Gasteiger partial charge in [0.2, 0.25) is 0 Å². The molecule has 0 aromatic heterocycles. The molecule has 0 aliphatic carbocycles. The molecule has 0 fully saturated rings. The van der Waals surface area contributed by atoms with Gasteiger partial charge in [-0.1, -0.05) is 29.8 Å². The topological polar surface area (TPSA) is 73.9 Å². The normalized spacial score (nSPS) is 12.3. The number of fused-ring (bicyclic) bond motifs is 1. The van der Waals surface area contributed by atoms with Crippen molar-refractivity contribution in [3.05, 3.63) is 58.6 Å². The van der Waals surface area contributed by atoms with Gasteiger partial charge in [-0.25, -0.2) is 0 Å². The van der Waals surface area contributed by atoms with Crippen molar-refractivity contribution in [1.29, 1.82) is 0 Å². The quantitative estimate of drug-likeness (QED) is 0.737. The number of amides is 1. The predicted molar refractivity (Wildman–Crippen MR) is 100 cm³/mol. The van der Waals surface area contributed by atoms with Crippen LogP contribution in [0.3, 0.4) is 0 Å². The highest BCUT2D eigenvalue weighted by Crippen LogP contribution is 2.30. The van der Waals surface area contributed by atoms with Crippen LogP contribution in [0.4, 0.5) is 0 Å². The summed E-state index contributed by atoms with van der Waals surface area (Å²) < 4.78 is 15.9. The number of esters is 1. The van der Waals surface area contributed by atoms with Gasteiger partial charge in [0, 0.05) is 11.6 Å². The Morgan fingerprint density at radius 2 is 1.70 bits per heavy atom. The maximum absolute atomic E-state index is 11.9. The van der Waals surface area contributed by atoms with E-state index in [-0.39, 0.29) is 18.9 Å². The zero-order valence-corrected chi connectivity index (χ0v) is 15.5. The van der Waals surface area contributed by atoms with Crippen LogP contribution in [0, 0.1) is 0 Å². The highest BCUT2D eigenvalue weighted by molar-refractivity contribution is 6.30. The molecule has 0 saturated carbocycles. The fourth-order valence-corrected chi connectivity index (χ4v) is 2.74. The van der Waals surface area contributed by atoms with Gasteiger partial charge in [-0.3, -0.25) is 9.59 Å². The summed E-state index contributed by atoms with van der Waals surface area (Å²) >= 11 is 5.83. The molecule has 1 aliphatic heterocycles. The zero-order valence-electron chi connectivity index (χ0n) is 14.7. The molecule has 3 rings (SSSR count). The highest BCUT2D eigenvalue weighted by atomic mass is 35.5. The molecule has 0 atom stereocenters. The third-order valence-corrected chi connectivity index (χ3v) is 4.22. The summed E-state index contributed by atoms with van der Waals surface area (Å²) in [7, 11) is 0. The molecule has 142 valence electrons. The van der Waals surface area contributed by atoms with E-state index in [0.29, 0.717) is 42.7 Å². The van der Waals surface area contributed by atoms with Crippen LogP contribution in [-0.4, -0.2) is 38.2 Å². The summed E-state index contributed by atoms with van der Waals surface area (Å²) in [5.41, 5.74) is 1.81. The average Bonchev–Trinajstić information content (AvgIpc) is 2.68. The van der Waals surface area contributed by atoms with Crippen molar-refractivity contribution in [2.75, 3.05) is 26.4 Å². The van der Waals surface area contributed by atoms with Crippen molar-refractivity contribution in [3.63, 3.8) is 0 Å². The zero-order chi connectivity index (χ0) is 19.1. The molecule has 6 nitrogen and oxygen atoms in total. The number of hydrogen-bond acceptors (Lipinski definition) is 5. The summed E-state index contributed by atoms with van der Waals surface area (Å²) in [6.07, 6.45) is 0.739. The third kappa shape index (κ3) is 5.89. The van der Waals surface area contributed by atoms with Gasteiger partial charge in [0.15, 0.2) is 18.1 Å². The maximum Gasteiger partial charge on any atom is 0.310 e. The minimum absolute atomic E-state index is 0.0642. The van der Waals surface area contributed by atoms with Gasteiger partial charge in [0.25, 0.3) is 5.91 Å². The lowest BCUT2D eigenvalue weighted by Crippen LogP contribution is -2.30. The van der Waals surface area contributed by atoms with E-state index in [9.17, 15) is 9.59 Å². The van der Waals surface area contributed by atoms with Gasteiger partial charge in [0.05, 0.1) is 6.42 Å². The van der Waals surface area contributed by atoms with Crippen LogP contribution in [0.5, 0.6) is 11.5 Å². The van der Waals surface area contributed by atoms with Crippen LogP contribution in [0.2, 0.25) is 5.02 Å². The predicted octanol–water partition coefficient (Wildman–Crippen LogP) is 2.56. The van der Waals surface area contributed by atoms with Gasteiger partial charge in [-0.05, 0) is 41.8 Å². The molecule has 7 heteroatoms. The van der Waals surface area contributed by atoms with E-state index < -0.39 is 5.97 Å². The van der Waals surface area contributed by atoms with Crippen molar-refractivity contribution < 1.29 is 23.8 Å². The molecule has 2 aromatic carbocycles. The molecule has 2 aromatic rings. The molecule has 0 radical (unpaired) electrons. The first-order chi connectivity index (χ1) is 13.1. The number of carbonyl (C=O) groups is 2. The summed E-state index contributed by atoms with van der Waals surface area (Å²) in [6.45, 7) is 1.16. The third-order valence-electron chi connectivity index (χ3n) is 3.97. The molecule has 0 bridgehead atoms. The second-order valence-corrected chi connectivity index (χ2v) is 6.48. The lowest BCUT2D eigenvalue weighted by molar-refractivity contribution is -0.147. The van der Waals surface area contributed by atoms with Crippen LogP contribution in [0.1, 0.15) is 11.1 Å². The lowest BCUT2D eigenvalue weighted by Gasteiger charge is -2.18. The first-order valence-corrected chi connectivity index (χ1v) is 9.03. The second-order valence-electron chi connectivity index (χ2n) is 6.04. The monoisotopic (exact) mass is 389 g/mol. The van der Waals surface area contributed by atoms with E-state index in [4.69, 9.17) is 25.8 Å². The van der Waals surface area contributed by atoms with Crippen molar-refractivity contribution in [2.24, 2.45) is 0 Å². The molecule has 0 spiro atoms. The highest BCUT2D eigenvalue weighted by Gasteiger charge is 2.14. The van der Waals surface area contributed by atoms with Crippen molar-refractivity contribution in [2.45, 2.75) is 12.8 Å². The van der Waals surface area contributed by atoms with E-state index in [0.717, 1.165) is 11.1 Å². The van der Waals surface area contributed by atoms with E-state index >= 15 is 0 Å². The van der Waals surface area contributed by atoms with Gasteiger partial charge in [0.1, 0.15) is 13.2 Å². The number of hydrogen-bond donors (Lipinski definition) is 1. The Morgan fingerprint density at radius 1 is 1.00 bits per heavy atom. The standard InChI is InChI=1S/C20H20ClNO5/c21-16-4-1-14(2-5-16)7-8-22-19(23)13-27-20(24)12-15-3-6-17-18(11-15)26-10-9-25-17/h1-6,11H,7-10,12-13H2,(H,22,23). The number of rotatable bonds is 7. The Balaban J connectivity index is 1.37. The van der Waals surface area contributed by atoms with Crippen molar-refractivity contribution in [3.8, 4) is 11.5 Å². The first-order valence-electron chi connectivity index (χ1n) is 8.65. The van der Waals surface area contributed by atoms with Gasteiger partial charge >= 0.3 is 5.97 Å². The Bertz CT molecular complexity index is 807. The van der Waals surface area contributed by atoms with Gasteiger partial charge in [-0.2, -0.15) is 0 Å². The molecule has 1 amide bonds. The van der Waals surface area contributed by atoms with Crippen molar-refractivity contribution >= 4 is 23.5 Å². The van der Waals surface area contributed by atoms with Gasteiger partial charge in [-0.15, -0.1) is 0 Å². The van der Waals surface area contributed by atoms with Crippen LogP contribution >= 0.6 is 11.6 Å². The molecule has 0 unspecified atom stereocenters. The van der Waals surface area contributed by atoms with E-state index in [1.807, 2.05) is 12.1 Å². The number of halogens is 1. The van der Waals surface area contributed by atoms with E-state index in [1.165, 1.54) is 0 Å². The Kier molecular flexibility index (Phi) is 6.54. The van der Waals surface area contributed by atoms with E-state index in [2.05, 4.69) is 5.32 Å². The van der Waals surface area contributed by atoms with Crippen LogP contribution in [-0.2, 0) is 27.2 Å². The smallest absolute Gasteiger partial charge is 0.310 e. The fourth-order valence-electron chi connectivity index (χ4n) is 2.61. The van der Waals surface area contributed by atoms with E-state index in [1.54, 1.807) is 30.3 Å². The molecular formula is C20H20ClNO5. The Morgan fingerprint density at radius 3 is 2.48 bits per heavy atom. The summed E-state index contributed by atoms with van der Waals surface area (Å²) in [6, 6.07) is 12.7. The maximum atomic E-state index is 11.9. The summed E-state index contributed by atoms with van der Waals surface area (Å²) in [4.78, 5) is 23.7. The SMILES string of the molecule is O=C(COC(=O)Cc1ccc2c(c1)OCCO2)NCCc1ccc(Cl)cc1. The average molecular weight is 390 g/mol. The lowest BCUT2D eigenvalue weighted by atomic mass is 10.1. The largest absolute Gasteiger partial charge is 0.486 e. The summed E-state index contributed by atoms with van der Waals surface area (Å²) in [5, 5.41) is 3.39. The molecule has 1 N–H and O–H groups in total. The minimum Gasteiger partial charge on any atom is -0.486 e. The molecule has 1 heterocycles. The minimum atomic E-state index is -0.473. The molecular weight excluding hydrogens is 370 g/mol. The van der Waals surface area contributed by atoms with Gasteiger partial charge < -0.3 is 19.5 Å². The van der Waals surface area contributed by atoms with Crippen LogP contribution in [0.15, 0.2) is 42.5 Å². The second kappa shape index (κ2) is 9.28. The number of nitrogens with one attached hydrogen (secondary N) is 1.